The zero-order valence-electron chi connectivity index (χ0n) is 8.08. The Bertz CT molecular complexity index is 115. The molecular formula is C6H15LaN6. The maximum Gasteiger partial charge on any atom is 3.00 e. The summed E-state index contributed by atoms with van der Waals surface area (Å²) in [5.41, 5.74) is 18.5. The zero-order valence-corrected chi connectivity index (χ0v) is 11.7. The molecule has 0 saturated carbocycles. The van der Waals surface area contributed by atoms with E-state index in [4.69, 9.17) is 33.4 Å². The Kier molecular flexibility index (Phi) is 31.1. The van der Waals surface area contributed by atoms with Gasteiger partial charge in [0.15, 0.2) is 0 Å². The molecule has 0 heterocycles. The third-order valence-corrected chi connectivity index (χ3v) is 0. The number of nitrogens with one attached hydrogen (secondary N) is 6. The fourth-order valence-electron chi connectivity index (χ4n) is 0. The van der Waals surface area contributed by atoms with E-state index in [1.165, 1.54) is 20.8 Å². The van der Waals surface area contributed by atoms with Crippen LogP contribution in [0.4, 0.5) is 0 Å². The molecule has 0 aliphatic heterocycles. The van der Waals surface area contributed by atoms with Gasteiger partial charge >= 0.3 is 35.6 Å². The summed E-state index contributed by atoms with van der Waals surface area (Å²) in [5.74, 6) is -0.250. The van der Waals surface area contributed by atoms with Crippen molar-refractivity contribution in [2.24, 2.45) is 0 Å². The summed E-state index contributed by atoms with van der Waals surface area (Å²) in [4.78, 5) is 0. The van der Waals surface area contributed by atoms with E-state index in [-0.39, 0.29) is 53.1 Å². The van der Waals surface area contributed by atoms with Gasteiger partial charge in [0.25, 0.3) is 0 Å². The van der Waals surface area contributed by atoms with Crippen LogP contribution < -0.4 is 0 Å². The van der Waals surface area contributed by atoms with Gasteiger partial charge in [-0.1, -0.05) is 17.5 Å². The van der Waals surface area contributed by atoms with Gasteiger partial charge in [0, 0.05) is 0 Å². The van der Waals surface area contributed by atoms with E-state index in [0.29, 0.717) is 0 Å². The van der Waals surface area contributed by atoms with Gasteiger partial charge in [-0.05, 0) is 20.8 Å². The van der Waals surface area contributed by atoms with Gasteiger partial charge < -0.3 is 33.4 Å². The Balaban J connectivity index is -0.0000000450. The first-order chi connectivity index (χ1) is 5.20. The molecule has 6 N–H and O–H groups in total. The van der Waals surface area contributed by atoms with Crippen molar-refractivity contribution in [3.63, 3.8) is 0 Å². The smallest absolute Gasteiger partial charge is 0.486 e. The molecule has 0 spiro atoms. The molecule has 0 bridgehead atoms. The number of rotatable bonds is 0. The van der Waals surface area contributed by atoms with Crippen LogP contribution >= 0.6 is 0 Å². The molecule has 0 saturated heterocycles. The molecule has 13 heavy (non-hydrogen) atoms. The van der Waals surface area contributed by atoms with Gasteiger partial charge in [-0.2, -0.15) is 0 Å². The Morgan fingerprint density at radius 1 is 0.692 bits per heavy atom. The van der Waals surface area contributed by atoms with E-state index >= 15 is 0 Å². The van der Waals surface area contributed by atoms with Gasteiger partial charge in [0.05, 0.1) is 0 Å². The van der Waals surface area contributed by atoms with Crippen LogP contribution in [0.2, 0.25) is 0 Å². The molecule has 0 rings (SSSR count). The van der Waals surface area contributed by atoms with Gasteiger partial charge in [-0.3, -0.25) is 0 Å². The Morgan fingerprint density at radius 2 is 0.692 bits per heavy atom. The summed E-state index contributed by atoms with van der Waals surface area (Å²) in [6, 6.07) is 0. The zero-order chi connectivity index (χ0) is 10.7. The van der Waals surface area contributed by atoms with Crippen LogP contribution in [-0.2, 0) is 0 Å². The largest absolute Gasteiger partial charge is 3.00 e. The maximum atomic E-state index is 6.17. The Hall–Kier alpha value is -0.395. The normalized spacial score (nSPS) is 5.77. The van der Waals surface area contributed by atoms with Crippen molar-refractivity contribution in [1.29, 1.82) is 16.2 Å². The molecule has 0 radical (unpaired) electrons. The first-order valence-corrected chi connectivity index (χ1v) is 3.00. The van der Waals surface area contributed by atoms with Crippen molar-refractivity contribution < 1.29 is 35.6 Å². The van der Waals surface area contributed by atoms with Gasteiger partial charge in [0.1, 0.15) is 0 Å². The Morgan fingerprint density at radius 3 is 0.692 bits per heavy atom. The van der Waals surface area contributed by atoms with E-state index in [0.717, 1.165) is 0 Å². The number of amidine groups is 3. The summed E-state index contributed by atoms with van der Waals surface area (Å²) in [6.07, 6.45) is 0. The summed E-state index contributed by atoms with van der Waals surface area (Å²) < 4.78 is 0. The van der Waals surface area contributed by atoms with E-state index in [2.05, 4.69) is 0 Å². The van der Waals surface area contributed by atoms with Gasteiger partial charge in [-0.15, -0.1) is 0 Å². The average Bonchev–Trinajstić information content (AvgIpc) is 1.54. The maximum absolute atomic E-state index is 6.17. The quantitative estimate of drug-likeness (QED) is 0.446. The molecule has 72 valence electrons. The minimum Gasteiger partial charge on any atom is -0.486 e. The molecule has 0 aliphatic carbocycles. The second-order valence-electron chi connectivity index (χ2n) is 1.88. The summed E-state index contributed by atoms with van der Waals surface area (Å²) in [7, 11) is 0. The van der Waals surface area contributed by atoms with Crippen molar-refractivity contribution in [2.45, 2.75) is 20.8 Å². The van der Waals surface area contributed by atoms with Crippen molar-refractivity contribution in [3.8, 4) is 0 Å². The van der Waals surface area contributed by atoms with Crippen LogP contribution in [-0.4, -0.2) is 17.5 Å². The second kappa shape index (κ2) is 17.6. The predicted octanol–water partition coefficient (Wildman–Crippen LogP) is 3.11. The molecule has 6 nitrogen and oxygen atoms in total. The predicted molar refractivity (Wildman–Crippen MR) is 53.2 cm³/mol. The minimum absolute atomic E-state index is 0. The van der Waals surface area contributed by atoms with E-state index < -0.39 is 0 Å². The second-order valence-corrected chi connectivity index (χ2v) is 1.88. The minimum atomic E-state index is -0.0833. The molecule has 7 heteroatoms. The van der Waals surface area contributed by atoms with Crippen molar-refractivity contribution in [1.82, 2.24) is 0 Å². The standard InChI is InChI=1S/3C2H5N2.La/c3*1-2(3)4;/h3*1H3,(H2-,3,4);/q3*-1;+3. The van der Waals surface area contributed by atoms with Gasteiger partial charge in [-0.25, -0.2) is 0 Å². The summed E-state index contributed by atoms with van der Waals surface area (Å²) >= 11 is 0. The molecule has 0 aromatic carbocycles. The van der Waals surface area contributed by atoms with Crippen LogP contribution in [0.25, 0.3) is 17.2 Å². The first kappa shape index (κ1) is 22.9. The van der Waals surface area contributed by atoms with E-state index in [9.17, 15) is 0 Å². The Labute approximate surface area is 107 Å². The van der Waals surface area contributed by atoms with Crippen LogP contribution in [0.15, 0.2) is 0 Å². The molecule has 0 aromatic heterocycles. The van der Waals surface area contributed by atoms with Crippen LogP contribution in [0.1, 0.15) is 20.8 Å². The SMILES string of the molecule is CC(=N)[NH-].CC(=N)[NH-].CC(=N)[NH-].[La+3]. The fraction of sp³-hybridized carbons (Fsp3) is 0.500. The summed E-state index contributed by atoms with van der Waals surface area (Å²) in [5, 5.41) is 18.5. The molecule has 0 unspecified atom stereocenters. The molecule has 0 fully saturated rings. The summed E-state index contributed by atoms with van der Waals surface area (Å²) in [6.45, 7) is 4.25. The third kappa shape index (κ3) is 6850. The van der Waals surface area contributed by atoms with Crippen LogP contribution in [0.3, 0.4) is 0 Å². The van der Waals surface area contributed by atoms with Crippen LogP contribution in [0, 0.1) is 51.8 Å². The molecule has 0 aromatic rings. The van der Waals surface area contributed by atoms with E-state index in [1.54, 1.807) is 0 Å². The molecular weight excluding hydrogens is 295 g/mol. The molecule has 0 atom stereocenters. The topological polar surface area (TPSA) is 143 Å². The number of hydrogen-bond acceptors (Lipinski definition) is 3. The van der Waals surface area contributed by atoms with Crippen molar-refractivity contribution >= 4 is 17.5 Å². The van der Waals surface area contributed by atoms with E-state index in [1.807, 2.05) is 0 Å². The molecule has 0 aliphatic rings. The van der Waals surface area contributed by atoms with Crippen LogP contribution in [0.5, 0.6) is 0 Å². The van der Waals surface area contributed by atoms with Gasteiger partial charge in [0.2, 0.25) is 0 Å². The average molecular weight is 310 g/mol. The molecule has 0 amide bonds. The number of hydrogen-bond donors (Lipinski definition) is 3. The van der Waals surface area contributed by atoms with Crippen molar-refractivity contribution in [2.75, 3.05) is 0 Å². The fourth-order valence-corrected chi connectivity index (χ4v) is 0. The van der Waals surface area contributed by atoms with Crippen molar-refractivity contribution in [3.05, 3.63) is 17.2 Å². The first-order valence-electron chi connectivity index (χ1n) is 3.00. The monoisotopic (exact) mass is 310 g/mol. The third-order valence-electron chi connectivity index (χ3n) is 0.